The molecular weight excluding hydrogens is 460 g/mol. The first kappa shape index (κ1) is 26.7. The van der Waals surface area contributed by atoms with Gasteiger partial charge in [0.25, 0.3) is 0 Å². The normalized spacial score (nSPS) is 39.6. The zero-order chi connectivity index (χ0) is 26.4. The van der Waals surface area contributed by atoms with Crippen molar-refractivity contribution >= 4 is 5.91 Å². The van der Waals surface area contributed by atoms with E-state index in [9.17, 15) is 9.90 Å². The second-order valence-electron chi connectivity index (χ2n) is 13.1. The summed E-state index contributed by atoms with van der Waals surface area (Å²) in [6.45, 7) is 7.69. The van der Waals surface area contributed by atoms with Crippen LogP contribution in [0.4, 0.5) is 0 Å². The quantitative estimate of drug-likeness (QED) is 0.505. The van der Waals surface area contributed by atoms with Crippen molar-refractivity contribution in [1.82, 2.24) is 4.90 Å². The van der Waals surface area contributed by atoms with Gasteiger partial charge in [0.15, 0.2) is 0 Å². The molecule has 0 aliphatic heterocycles. The number of rotatable bonds is 6. The summed E-state index contributed by atoms with van der Waals surface area (Å²) in [5, 5.41) is 20.3. The van der Waals surface area contributed by atoms with Crippen LogP contribution in [0, 0.1) is 52.3 Å². The second-order valence-corrected chi connectivity index (χ2v) is 13.1. The molecule has 1 aromatic carbocycles. The Balaban J connectivity index is 1.26. The van der Waals surface area contributed by atoms with Gasteiger partial charge in [-0.25, -0.2) is 0 Å². The first-order chi connectivity index (χ1) is 17.7. The molecule has 4 aliphatic carbocycles. The number of carbonyl (C=O) groups excluding carboxylic acids is 1. The highest BCUT2D eigenvalue weighted by Crippen LogP contribution is 2.65. The first-order valence-corrected chi connectivity index (χ1v) is 14.8. The molecule has 202 valence electrons. The molecule has 0 bridgehead atoms. The second kappa shape index (κ2) is 10.3. The van der Waals surface area contributed by atoms with Gasteiger partial charge in [-0.05, 0) is 124 Å². The maximum Gasteiger partial charge on any atom is 0.226 e. The van der Waals surface area contributed by atoms with Crippen LogP contribution in [-0.2, 0) is 9.53 Å². The minimum Gasteiger partial charge on any atom is -0.387 e. The van der Waals surface area contributed by atoms with E-state index in [4.69, 9.17) is 10.00 Å². The van der Waals surface area contributed by atoms with E-state index in [-0.39, 0.29) is 17.4 Å². The van der Waals surface area contributed by atoms with Crippen LogP contribution in [-0.4, -0.2) is 41.8 Å². The van der Waals surface area contributed by atoms with Crippen molar-refractivity contribution in [3.8, 4) is 6.07 Å². The average Bonchev–Trinajstić information content (AvgIpc) is 3.27. The van der Waals surface area contributed by atoms with E-state index >= 15 is 0 Å². The topological polar surface area (TPSA) is 73.6 Å². The zero-order valence-corrected chi connectivity index (χ0v) is 23.3. The Hall–Kier alpha value is -1.90. The lowest BCUT2D eigenvalue weighted by atomic mass is 9.49. The zero-order valence-electron chi connectivity index (χ0n) is 23.3. The van der Waals surface area contributed by atoms with E-state index in [1.165, 1.54) is 25.7 Å². The summed E-state index contributed by atoms with van der Waals surface area (Å²) in [7, 11) is 1.96. The highest BCUT2D eigenvalue weighted by Gasteiger charge is 2.59. The predicted octanol–water partition coefficient (Wildman–Crippen LogP) is 6.11. The summed E-state index contributed by atoms with van der Waals surface area (Å²) in [5.41, 5.74) is 1.19. The number of amides is 1. The van der Waals surface area contributed by atoms with Crippen LogP contribution in [0.3, 0.4) is 0 Å². The fourth-order valence-electron chi connectivity index (χ4n) is 9.29. The molecule has 4 saturated carbocycles. The fourth-order valence-corrected chi connectivity index (χ4v) is 9.29. The van der Waals surface area contributed by atoms with Crippen LogP contribution in [0.1, 0.15) is 95.7 Å². The number of hydrogen-bond donors (Lipinski definition) is 1. The predicted molar refractivity (Wildman–Crippen MR) is 144 cm³/mol. The summed E-state index contributed by atoms with van der Waals surface area (Å²) in [5.74, 6) is 3.90. The maximum atomic E-state index is 13.9. The van der Waals surface area contributed by atoms with E-state index in [1.54, 1.807) is 0 Å². The Morgan fingerprint density at radius 1 is 1.11 bits per heavy atom. The third-order valence-electron chi connectivity index (χ3n) is 11.4. The molecule has 37 heavy (non-hydrogen) atoms. The van der Waals surface area contributed by atoms with Crippen LogP contribution in [0.2, 0.25) is 0 Å². The van der Waals surface area contributed by atoms with Gasteiger partial charge < -0.3 is 14.7 Å². The SMILES string of the molecule is CCOC[C@@]1(O)CC[C@H]2[C@H](CC[C@@H]3[C@@H]2CC[C@]2(C)[C@@H](C(=O)N(C)[C@H](C)c4ccc(C#N)cc4)CC[C@@H]32)C1. The highest BCUT2D eigenvalue weighted by molar-refractivity contribution is 5.80. The van der Waals surface area contributed by atoms with Crippen molar-refractivity contribution in [2.45, 2.75) is 90.2 Å². The molecule has 4 fully saturated rings. The molecule has 1 N–H and O–H groups in total. The molecule has 0 saturated heterocycles. The Morgan fingerprint density at radius 2 is 1.84 bits per heavy atom. The number of aliphatic hydroxyl groups is 1. The lowest BCUT2D eigenvalue weighted by molar-refractivity contribution is -0.147. The standard InChI is InChI=1S/C32H46N2O3/c1-5-37-20-32(36)17-15-25-24(18-32)10-11-27-26(25)14-16-31(3)28(27)12-13-29(31)30(35)34(4)21(2)23-8-6-22(19-33)7-9-23/h6-9,21,24-29,36H,5,10-18,20H2,1-4H3/t21-,24-,25+,26-,27-,28+,29-,31+,32-/m1/s1. The molecule has 5 heteroatoms. The van der Waals surface area contributed by atoms with E-state index in [0.717, 1.165) is 55.4 Å². The van der Waals surface area contributed by atoms with Crippen LogP contribution in [0.5, 0.6) is 0 Å². The summed E-state index contributed by atoms with van der Waals surface area (Å²) in [4.78, 5) is 15.9. The average molecular weight is 507 g/mol. The van der Waals surface area contributed by atoms with Gasteiger partial charge in [-0.15, -0.1) is 0 Å². The van der Waals surface area contributed by atoms with Crippen LogP contribution in [0.25, 0.3) is 0 Å². The van der Waals surface area contributed by atoms with Gasteiger partial charge in [-0.1, -0.05) is 19.1 Å². The molecule has 1 aromatic rings. The number of ether oxygens (including phenoxy) is 1. The van der Waals surface area contributed by atoms with Crippen molar-refractivity contribution in [1.29, 1.82) is 5.26 Å². The van der Waals surface area contributed by atoms with E-state index in [2.05, 4.69) is 19.9 Å². The molecule has 4 aliphatic rings. The number of fused-ring (bicyclic) bond motifs is 5. The molecule has 0 unspecified atom stereocenters. The third-order valence-corrected chi connectivity index (χ3v) is 11.4. The maximum absolute atomic E-state index is 13.9. The monoisotopic (exact) mass is 506 g/mol. The van der Waals surface area contributed by atoms with Gasteiger partial charge in [-0.2, -0.15) is 5.26 Å². The van der Waals surface area contributed by atoms with Gasteiger partial charge in [0, 0.05) is 19.6 Å². The van der Waals surface area contributed by atoms with Crippen molar-refractivity contribution in [3.63, 3.8) is 0 Å². The summed E-state index contributed by atoms with van der Waals surface area (Å²) >= 11 is 0. The lowest BCUT2D eigenvalue weighted by Crippen LogP contribution is -2.53. The Kier molecular flexibility index (Phi) is 7.46. The molecule has 0 aromatic heterocycles. The Labute approximate surface area is 223 Å². The largest absolute Gasteiger partial charge is 0.387 e. The molecule has 0 spiro atoms. The van der Waals surface area contributed by atoms with E-state index < -0.39 is 5.60 Å². The third kappa shape index (κ3) is 4.74. The molecule has 5 nitrogen and oxygen atoms in total. The van der Waals surface area contributed by atoms with Crippen molar-refractivity contribution < 1.29 is 14.6 Å². The Morgan fingerprint density at radius 3 is 2.54 bits per heavy atom. The van der Waals surface area contributed by atoms with Crippen LogP contribution < -0.4 is 0 Å². The molecular formula is C32H46N2O3. The van der Waals surface area contributed by atoms with Gasteiger partial charge in [-0.3, -0.25) is 4.79 Å². The number of carbonyl (C=O) groups is 1. The molecule has 9 atom stereocenters. The smallest absolute Gasteiger partial charge is 0.226 e. The van der Waals surface area contributed by atoms with Crippen molar-refractivity contribution in [2.75, 3.05) is 20.3 Å². The van der Waals surface area contributed by atoms with Gasteiger partial charge in [0.1, 0.15) is 0 Å². The highest BCUT2D eigenvalue weighted by atomic mass is 16.5. The molecule has 0 heterocycles. The number of nitriles is 1. The summed E-state index contributed by atoms with van der Waals surface area (Å²) in [6.07, 6.45) is 9.97. The summed E-state index contributed by atoms with van der Waals surface area (Å²) in [6, 6.07) is 9.83. The van der Waals surface area contributed by atoms with Crippen LogP contribution in [0.15, 0.2) is 24.3 Å². The van der Waals surface area contributed by atoms with E-state index in [0.29, 0.717) is 36.5 Å². The number of benzene rings is 1. The molecule has 1 amide bonds. The van der Waals surface area contributed by atoms with Gasteiger partial charge in [0.05, 0.1) is 29.9 Å². The Bertz CT molecular complexity index is 1020. The summed E-state index contributed by atoms with van der Waals surface area (Å²) < 4.78 is 5.64. The fraction of sp³-hybridized carbons (Fsp3) is 0.750. The van der Waals surface area contributed by atoms with Crippen LogP contribution >= 0.6 is 0 Å². The first-order valence-electron chi connectivity index (χ1n) is 14.8. The number of nitrogens with zero attached hydrogens (tertiary/aromatic N) is 2. The van der Waals surface area contributed by atoms with Crippen molar-refractivity contribution in [3.05, 3.63) is 35.4 Å². The molecule has 5 rings (SSSR count). The van der Waals surface area contributed by atoms with Crippen molar-refractivity contribution in [2.24, 2.45) is 40.9 Å². The minimum absolute atomic E-state index is 0.00709. The van der Waals surface area contributed by atoms with E-state index in [1.807, 2.05) is 43.1 Å². The molecule has 0 radical (unpaired) electrons. The number of hydrogen-bond acceptors (Lipinski definition) is 4. The minimum atomic E-state index is -0.631. The van der Waals surface area contributed by atoms with Gasteiger partial charge in [0.2, 0.25) is 5.91 Å². The van der Waals surface area contributed by atoms with Gasteiger partial charge >= 0.3 is 0 Å². The lowest BCUT2D eigenvalue weighted by Gasteiger charge is -2.57.